The Labute approximate surface area is 105 Å². The number of aliphatic imine (C=N–C) groups is 1. The van der Waals surface area contributed by atoms with Gasteiger partial charge in [0, 0.05) is 11.8 Å². The second-order valence-corrected chi connectivity index (χ2v) is 3.78. The van der Waals surface area contributed by atoms with Crippen LogP contribution in [0.2, 0.25) is 0 Å². The zero-order chi connectivity index (χ0) is 13.0. The molecule has 0 amide bonds. The third kappa shape index (κ3) is 2.29. The lowest BCUT2D eigenvalue weighted by atomic mass is 10.1. The molecule has 0 bridgehead atoms. The van der Waals surface area contributed by atoms with E-state index in [1.165, 1.54) is 6.08 Å². The van der Waals surface area contributed by atoms with E-state index in [9.17, 15) is 4.79 Å². The van der Waals surface area contributed by atoms with E-state index < -0.39 is 0 Å². The molecular formula is C14H12N2O2. The molecule has 0 radical (unpaired) electrons. The fourth-order valence-electron chi connectivity index (χ4n) is 1.74. The summed E-state index contributed by atoms with van der Waals surface area (Å²) in [6.07, 6.45) is 3.19. The third-order valence-electron chi connectivity index (χ3n) is 2.56. The number of isocyanates is 1. The van der Waals surface area contributed by atoms with E-state index in [0.29, 0.717) is 17.1 Å². The molecule has 2 aromatic rings. The van der Waals surface area contributed by atoms with Crippen molar-refractivity contribution < 1.29 is 9.53 Å². The minimum atomic E-state index is 0.481. The Morgan fingerprint density at radius 2 is 2.17 bits per heavy atom. The smallest absolute Gasteiger partial charge is 0.240 e. The van der Waals surface area contributed by atoms with Gasteiger partial charge in [-0.3, -0.25) is 4.98 Å². The number of aromatic nitrogens is 1. The van der Waals surface area contributed by atoms with Crippen molar-refractivity contribution in [3.8, 4) is 17.0 Å². The number of rotatable bonds is 3. The first-order valence-electron chi connectivity index (χ1n) is 5.44. The molecule has 0 saturated carbocycles. The standard InChI is InChI=1S/C14H12N2O2/c1-10-5-6-11(13(8-10)18-2)14-12(16-9-17)4-3-7-15-14/h3-8H,1-2H3. The molecule has 0 unspecified atom stereocenters. The lowest BCUT2D eigenvalue weighted by Crippen LogP contribution is -1.91. The lowest BCUT2D eigenvalue weighted by molar-refractivity contribution is 0.416. The van der Waals surface area contributed by atoms with E-state index in [1.807, 2.05) is 25.1 Å². The minimum Gasteiger partial charge on any atom is -0.496 e. The van der Waals surface area contributed by atoms with Gasteiger partial charge in [0.05, 0.1) is 7.11 Å². The van der Waals surface area contributed by atoms with E-state index in [1.54, 1.807) is 25.4 Å². The van der Waals surface area contributed by atoms with E-state index in [0.717, 1.165) is 11.1 Å². The van der Waals surface area contributed by atoms with Crippen molar-refractivity contribution in [3.05, 3.63) is 42.1 Å². The molecule has 2 rings (SSSR count). The molecule has 0 aliphatic rings. The molecule has 0 atom stereocenters. The highest BCUT2D eigenvalue weighted by atomic mass is 16.5. The highest BCUT2D eigenvalue weighted by Crippen LogP contribution is 2.34. The van der Waals surface area contributed by atoms with Crippen molar-refractivity contribution in [2.75, 3.05) is 7.11 Å². The van der Waals surface area contributed by atoms with Crippen LogP contribution in [-0.4, -0.2) is 18.2 Å². The molecule has 0 aliphatic heterocycles. The van der Waals surface area contributed by atoms with Crippen LogP contribution in [0.3, 0.4) is 0 Å². The minimum absolute atomic E-state index is 0.481. The number of benzene rings is 1. The average molecular weight is 240 g/mol. The summed E-state index contributed by atoms with van der Waals surface area (Å²) in [6.45, 7) is 1.98. The summed E-state index contributed by atoms with van der Waals surface area (Å²) in [4.78, 5) is 18.3. The van der Waals surface area contributed by atoms with Crippen molar-refractivity contribution in [1.29, 1.82) is 0 Å². The molecule has 0 aliphatic carbocycles. The summed E-state index contributed by atoms with van der Waals surface area (Å²) in [6, 6.07) is 9.21. The van der Waals surface area contributed by atoms with Gasteiger partial charge in [-0.05, 0) is 36.8 Å². The van der Waals surface area contributed by atoms with Gasteiger partial charge in [-0.25, -0.2) is 4.79 Å². The van der Waals surface area contributed by atoms with Gasteiger partial charge in [0.25, 0.3) is 0 Å². The van der Waals surface area contributed by atoms with Gasteiger partial charge in [0.2, 0.25) is 6.08 Å². The fourth-order valence-corrected chi connectivity index (χ4v) is 1.74. The van der Waals surface area contributed by atoms with E-state index in [-0.39, 0.29) is 0 Å². The molecule has 0 N–H and O–H groups in total. The van der Waals surface area contributed by atoms with Crippen LogP contribution in [0.25, 0.3) is 11.3 Å². The normalized spacial score (nSPS) is 9.67. The van der Waals surface area contributed by atoms with Crippen LogP contribution < -0.4 is 4.74 Å². The van der Waals surface area contributed by atoms with Crippen LogP contribution in [0, 0.1) is 6.92 Å². The quantitative estimate of drug-likeness (QED) is 0.612. The van der Waals surface area contributed by atoms with Crippen LogP contribution in [0.4, 0.5) is 5.69 Å². The zero-order valence-electron chi connectivity index (χ0n) is 10.2. The van der Waals surface area contributed by atoms with Gasteiger partial charge in [0.1, 0.15) is 17.1 Å². The molecule has 1 aromatic carbocycles. The number of pyridine rings is 1. The highest BCUT2D eigenvalue weighted by Gasteiger charge is 2.11. The first kappa shape index (κ1) is 12.0. The van der Waals surface area contributed by atoms with E-state index in [2.05, 4.69) is 9.98 Å². The molecule has 90 valence electrons. The Kier molecular flexibility index (Phi) is 3.51. The number of aryl methyl sites for hydroxylation is 1. The van der Waals surface area contributed by atoms with E-state index >= 15 is 0 Å². The molecule has 0 fully saturated rings. The summed E-state index contributed by atoms with van der Waals surface area (Å²) in [5, 5.41) is 0. The van der Waals surface area contributed by atoms with Gasteiger partial charge in [-0.15, -0.1) is 0 Å². The molecule has 1 aromatic heterocycles. The molecule has 4 heteroatoms. The van der Waals surface area contributed by atoms with Gasteiger partial charge in [-0.1, -0.05) is 6.07 Å². The number of methoxy groups -OCH3 is 1. The molecule has 0 saturated heterocycles. The lowest BCUT2D eigenvalue weighted by Gasteiger charge is -2.10. The van der Waals surface area contributed by atoms with Crippen molar-refractivity contribution in [3.63, 3.8) is 0 Å². The number of nitrogens with zero attached hydrogens (tertiary/aromatic N) is 2. The fraction of sp³-hybridized carbons (Fsp3) is 0.143. The van der Waals surface area contributed by atoms with Gasteiger partial charge < -0.3 is 4.74 Å². The van der Waals surface area contributed by atoms with Crippen molar-refractivity contribution in [1.82, 2.24) is 4.98 Å². The first-order valence-corrected chi connectivity index (χ1v) is 5.44. The SMILES string of the molecule is COc1cc(C)ccc1-c1ncccc1N=C=O. The Balaban J connectivity index is 2.65. The Morgan fingerprint density at radius 1 is 1.33 bits per heavy atom. The number of hydrogen-bond donors (Lipinski definition) is 0. The van der Waals surface area contributed by atoms with Gasteiger partial charge in [0.15, 0.2) is 0 Å². The Hall–Kier alpha value is -2.45. The van der Waals surface area contributed by atoms with Crippen LogP contribution in [0.5, 0.6) is 5.75 Å². The van der Waals surface area contributed by atoms with Crippen molar-refractivity contribution >= 4 is 11.8 Å². The average Bonchev–Trinajstić information content (AvgIpc) is 2.40. The van der Waals surface area contributed by atoms with Crippen molar-refractivity contribution in [2.45, 2.75) is 6.92 Å². The second-order valence-electron chi connectivity index (χ2n) is 3.78. The van der Waals surface area contributed by atoms with Gasteiger partial charge >= 0.3 is 0 Å². The largest absolute Gasteiger partial charge is 0.496 e. The van der Waals surface area contributed by atoms with Crippen LogP contribution in [0.15, 0.2) is 41.5 Å². The molecule has 4 nitrogen and oxygen atoms in total. The Bertz CT molecular complexity index is 617. The summed E-state index contributed by atoms with van der Waals surface area (Å²) in [7, 11) is 1.60. The number of carbonyl (C=O) groups excluding carboxylic acids is 1. The summed E-state index contributed by atoms with van der Waals surface area (Å²) >= 11 is 0. The number of ether oxygens (including phenoxy) is 1. The third-order valence-corrected chi connectivity index (χ3v) is 2.56. The molecule has 1 heterocycles. The predicted octanol–water partition coefficient (Wildman–Crippen LogP) is 3.03. The van der Waals surface area contributed by atoms with Gasteiger partial charge in [-0.2, -0.15) is 4.99 Å². The maximum absolute atomic E-state index is 10.4. The zero-order valence-corrected chi connectivity index (χ0v) is 10.2. The monoisotopic (exact) mass is 240 g/mol. The molecule has 18 heavy (non-hydrogen) atoms. The van der Waals surface area contributed by atoms with E-state index in [4.69, 9.17) is 4.74 Å². The molecular weight excluding hydrogens is 228 g/mol. The predicted molar refractivity (Wildman–Crippen MR) is 68.7 cm³/mol. The second kappa shape index (κ2) is 5.25. The summed E-state index contributed by atoms with van der Waals surface area (Å²) in [5.74, 6) is 0.705. The highest BCUT2D eigenvalue weighted by molar-refractivity contribution is 5.78. The van der Waals surface area contributed by atoms with Crippen LogP contribution in [-0.2, 0) is 4.79 Å². The van der Waals surface area contributed by atoms with Crippen LogP contribution in [0.1, 0.15) is 5.56 Å². The number of hydrogen-bond acceptors (Lipinski definition) is 4. The van der Waals surface area contributed by atoms with Crippen molar-refractivity contribution in [2.24, 2.45) is 4.99 Å². The topological polar surface area (TPSA) is 51.6 Å². The first-order chi connectivity index (χ1) is 8.76. The van der Waals surface area contributed by atoms with Crippen LogP contribution >= 0.6 is 0 Å². The Morgan fingerprint density at radius 3 is 2.89 bits per heavy atom. The maximum Gasteiger partial charge on any atom is 0.240 e. The molecule has 0 spiro atoms. The summed E-state index contributed by atoms with van der Waals surface area (Å²) in [5.41, 5.74) is 2.98. The summed E-state index contributed by atoms with van der Waals surface area (Å²) < 4.78 is 5.33. The maximum atomic E-state index is 10.4.